The van der Waals surface area contributed by atoms with Crippen molar-refractivity contribution in [1.29, 1.82) is 0 Å². The predicted molar refractivity (Wildman–Crippen MR) is 120 cm³/mol. The molecule has 4 aliphatic rings. The molecule has 2 aromatic carbocycles. The number of benzene rings is 2. The van der Waals surface area contributed by atoms with Crippen LogP contribution in [0, 0.1) is 6.92 Å². The maximum atomic E-state index is 11.8. The van der Waals surface area contributed by atoms with Crippen molar-refractivity contribution in [3.8, 4) is 0 Å². The van der Waals surface area contributed by atoms with E-state index in [0.29, 0.717) is 37.0 Å². The monoisotopic (exact) mass is 448 g/mol. The van der Waals surface area contributed by atoms with Crippen molar-refractivity contribution in [3.05, 3.63) is 69.3 Å². The SMILES string of the molecule is Cc1c([C@H]2CN3CCN(CCc4ccc5c(c4)COC5=O)C[C@H]3CO2)ccc2c1COC2=O. The number of fused-ring (bicyclic) bond motifs is 3. The topological polar surface area (TPSA) is 68.3 Å². The van der Waals surface area contributed by atoms with Gasteiger partial charge in [-0.15, -0.1) is 0 Å². The highest BCUT2D eigenvalue weighted by Crippen LogP contribution is 2.33. The fourth-order valence-corrected chi connectivity index (χ4v) is 5.59. The van der Waals surface area contributed by atoms with Crippen molar-refractivity contribution >= 4 is 11.9 Å². The Bertz CT molecular complexity index is 1130. The van der Waals surface area contributed by atoms with E-state index in [1.807, 2.05) is 24.3 Å². The molecule has 2 fully saturated rings. The van der Waals surface area contributed by atoms with E-state index in [9.17, 15) is 9.59 Å². The number of morpholine rings is 1. The molecule has 0 N–H and O–H groups in total. The summed E-state index contributed by atoms with van der Waals surface area (Å²) in [7, 11) is 0. The molecule has 0 amide bonds. The number of hydrogen-bond donors (Lipinski definition) is 0. The lowest BCUT2D eigenvalue weighted by molar-refractivity contribution is -0.0903. The highest BCUT2D eigenvalue weighted by molar-refractivity contribution is 5.94. The zero-order chi connectivity index (χ0) is 22.5. The van der Waals surface area contributed by atoms with Crippen molar-refractivity contribution in [3.63, 3.8) is 0 Å². The maximum Gasteiger partial charge on any atom is 0.338 e. The molecule has 4 heterocycles. The Balaban J connectivity index is 1.06. The molecule has 0 spiro atoms. The molecule has 7 heteroatoms. The van der Waals surface area contributed by atoms with Crippen molar-refractivity contribution in [1.82, 2.24) is 9.80 Å². The van der Waals surface area contributed by atoms with E-state index >= 15 is 0 Å². The van der Waals surface area contributed by atoms with Crippen LogP contribution in [-0.2, 0) is 33.8 Å². The maximum absolute atomic E-state index is 11.8. The molecule has 6 rings (SSSR count). The van der Waals surface area contributed by atoms with Gasteiger partial charge in [-0.2, -0.15) is 0 Å². The molecule has 0 aromatic heterocycles. The van der Waals surface area contributed by atoms with Gasteiger partial charge in [-0.25, -0.2) is 9.59 Å². The van der Waals surface area contributed by atoms with Gasteiger partial charge in [-0.05, 0) is 42.2 Å². The van der Waals surface area contributed by atoms with Crippen molar-refractivity contribution in [2.24, 2.45) is 0 Å². The molecule has 7 nitrogen and oxygen atoms in total. The lowest BCUT2D eigenvalue weighted by Gasteiger charge is -2.46. The van der Waals surface area contributed by atoms with E-state index in [4.69, 9.17) is 14.2 Å². The minimum Gasteiger partial charge on any atom is -0.457 e. The molecule has 2 aromatic rings. The third-order valence-electron chi connectivity index (χ3n) is 7.60. The minimum atomic E-state index is -0.220. The standard InChI is InChI=1S/C26H28N2O5/c1-16-20(4-5-22-23(16)15-33-26(22)30)24-12-28-9-8-27(11-19(28)14-31-24)7-6-17-2-3-21-18(10-17)13-32-25(21)29/h2-5,10,19,24H,6-9,11-15H2,1H3/t19-,24+/m0/s1. The molecule has 0 saturated carbocycles. The molecular weight excluding hydrogens is 420 g/mol. The van der Waals surface area contributed by atoms with Gasteiger partial charge in [0.1, 0.15) is 13.2 Å². The molecule has 0 radical (unpaired) electrons. The number of esters is 2. The average molecular weight is 449 g/mol. The number of nitrogens with zero attached hydrogens (tertiary/aromatic N) is 2. The van der Waals surface area contributed by atoms with Crippen LogP contribution in [0.4, 0.5) is 0 Å². The van der Waals surface area contributed by atoms with E-state index in [-0.39, 0.29) is 18.0 Å². The van der Waals surface area contributed by atoms with Gasteiger partial charge < -0.3 is 19.1 Å². The molecule has 2 atom stereocenters. The lowest BCUT2D eigenvalue weighted by Crippen LogP contribution is -2.58. The van der Waals surface area contributed by atoms with Crippen molar-refractivity contribution in [2.75, 3.05) is 39.3 Å². The molecule has 0 aliphatic carbocycles. The summed E-state index contributed by atoms with van der Waals surface area (Å²) >= 11 is 0. The smallest absolute Gasteiger partial charge is 0.338 e. The van der Waals surface area contributed by atoms with E-state index < -0.39 is 0 Å². The van der Waals surface area contributed by atoms with Crippen LogP contribution in [0.5, 0.6) is 0 Å². The number of rotatable bonds is 4. The van der Waals surface area contributed by atoms with E-state index in [0.717, 1.165) is 55.8 Å². The Morgan fingerprint density at radius 1 is 0.970 bits per heavy atom. The zero-order valence-corrected chi connectivity index (χ0v) is 18.8. The summed E-state index contributed by atoms with van der Waals surface area (Å²) in [5.74, 6) is -0.428. The average Bonchev–Trinajstić information content (AvgIpc) is 3.40. The van der Waals surface area contributed by atoms with Crippen LogP contribution in [-0.4, -0.2) is 67.1 Å². The largest absolute Gasteiger partial charge is 0.457 e. The number of piperazine rings is 1. The first-order chi connectivity index (χ1) is 16.1. The molecule has 0 unspecified atom stereocenters. The zero-order valence-electron chi connectivity index (χ0n) is 18.8. The Morgan fingerprint density at radius 2 is 1.79 bits per heavy atom. The Morgan fingerprint density at radius 3 is 2.70 bits per heavy atom. The normalized spacial score (nSPS) is 24.8. The van der Waals surface area contributed by atoms with Crippen LogP contribution in [0.2, 0.25) is 0 Å². The third-order valence-corrected chi connectivity index (χ3v) is 7.60. The Labute approximate surface area is 193 Å². The van der Waals surface area contributed by atoms with Crippen LogP contribution >= 0.6 is 0 Å². The fourth-order valence-electron chi connectivity index (χ4n) is 5.59. The first-order valence-corrected chi connectivity index (χ1v) is 11.7. The van der Waals surface area contributed by atoms with Crippen molar-refractivity contribution < 1.29 is 23.8 Å². The predicted octanol–water partition coefficient (Wildman–Crippen LogP) is 2.64. The summed E-state index contributed by atoms with van der Waals surface area (Å²) in [4.78, 5) is 28.6. The molecule has 2 saturated heterocycles. The summed E-state index contributed by atoms with van der Waals surface area (Å²) in [6.07, 6.45) is 0.998. The quantitative estimate of drug-likeness (QED) is 0.666. The van der Waals surface area contributed by atoms with Crippen LogP contribution in [0.15, 0.2) is 30.3 Å². The minimum absolute atomic E-state index is 0.0325. The summed E-state index contributed by atoms with van der Waals surface area (Å²) < 4.78 is 16.7. The molecule has 33 heavy (non-hydrogen) atoms. The highest BCUT2D eigenvalue weighted by Gasteiger charge is 2.35. The van der Waals surface area contributed by atoms with E-state index in [1.165, 1.54) is 11.1 Å². The molecule has 0 bridgehead atoms. The summed E-state index contributed by atoms with van der Waals surface area (Å²) in [5.41, 5.74) is 6.97. The van der Waals surface area contributed by atoms with Gasteiger partial charge in [-0.1, -0.05) is 18.2 Å². The number of cyclic esters (lactones) is 2. The van der Waals surface area contributed by atoms with Gasteiger partial charge in [0.25, 0.3) is 0 Å². The van der Waals surface area contributed by atoms with Gasteiger partial charge >= 0.3 is 11.9 Å². The number of carbonyl (C=O) groups excluding carboxylic acids is 2. The molecular formula is C26H28N2O5. The van der Waals surface area contributed by atoms with Gasteiger partial charge in [0, 0.05) is 49.9 Å². The number of ether oxygens (including phenoxy) is 3. The van der Waals surface area contributed by atoms with E-state index in [2.05, 4.69) is 22.8 Å². The molecule has 4 aliphatic heterocycles. The lowest BCUT2D eigenvalue weighted by atomic mass is 9.94. The van der Waals surface area contributed by atoms with Crippen LogP contribution in [0.1, 0.15) is 54.6 Å². The molecule has 172 valence electrons. The second-order valence-corrected chi connectivity index (χ2v) is 9.47. The Hall–Kier alpha value is -2.74. The third kappa shape index (κ3) is 3.74. The van der Waals surface area contributed by atoms with Crippen LogP contribution in [0.3, 0.4) is 0 Å². The van der Waals surface area contributed by atoms with Gasteiger partial charge in [0.05, 0.1) is 23.8 Å². The van der Waals surface area contributed by atoms with Crippen molar-refractivity contribution in [2.45, 2.75) is 38.7 Å². The summed E-state index contributed by atoms with van der Waals surface area (Å²) in [6.45, 7) is 8.51. The second-order valence-electron chi connectivity index (χ2n) is 9.47. The summed E-state index contributed by atoms with van der Waals surface area (Å²) in [6, 6.07) is 10.4. The van der Waals surface area contributed by atoms with Crippen LogP contribution < -0.4 is 0 Å². The Kier molecular flexibility index (Phi) is 5.20. The second kappa shape index (κ2) is 8.24. The highest BCUT2D eigenvalue weighted by atomic mass is 16.5. The van der Waals surface area contributed by atoms with E-state index in [1.54, 1.807) is 0 Å². The summed E-state index contributed by atoms with van der Waals surface area (Å²) in [5, 5.41) is 0. The first-order valence-electron chi connectivity index (χ1n) is 11.7. The van der Waals surface area contributed by atoms with Gasteiger partial charge in [0.15, 0.2) is 0 Å². The first kappa shape index (κ1) is 20.8. The van der Waals surface area contributed by atoms with Gasteiger partial charge in [-0.3, -0.25) is 4.90 Å². The van der Waals surface area contributed by atoms with Gasteiger partial charge in [0.2, 0.25) is 0 Å². The number of hydrogen-bond acceptors (Lipinski definition) is 7. The van der Waals surface area contributed by atoms with Crippen LogP contribution in [0.25, 0.3) is 0 Å². The number of carbonyl (C=O) groups is 2. The fraction of sp³-hybridized carbons (Fsp3) is 0.462.